The van der Waals surface area contributed by atoms with Crippen molar-refractivity contribution in [1.29, 1.82) is 0 Å². The predicted molar refractivity (Wildman–Crippen MR) is 111 cm³/mol. The molecule has 2 aromatic heterocycles. The molecule has 0 aliphatic heterocycles. The number of anilines is 1. The first-order chi connectivity index (χ1) is 14.4. The topological polar surface area (TPSA) is 103 Å². The SMILES string of the molecule is COC(=O)c1c(NC(=O)c2ccc(S(=O)(=O)c3ccccc3)o2)sc2c1CCCC2. The van der Waals surface area contributed by atoms with Crippen LogP contribution in [-0.2, 0) is 27.4 Å². The number of thiophene rings is 1. The lowest BCUT2D eigenvalue weighted by Gasteiger charge is -2.11. The van der Waals surface area contributed by atoms with E-state index in [1.165, 1.54) is 42.7 Å². The van der Waals surface area contributed by atoms with E-state index in [0.29, 0.717) is 10.6 Å². The lowest BCUT2D eigenvalue weighted by atomic mass is 9.95. The van der Waals surface area contributed by atoms with Gasteiger partial charge in [-0.05, 0) is 55.5 Å². The van der Waals surface area contributed by atoms with Crippen LogP contribution < -0.4 is 5.32 Å². The number of aryl methyl sites for hydroxylation is 1. The zero-order valence-corrected chi connectivity index (χ0v) is 17.8. The van der Waals surface area contributed by atoms with Gasteiger partial charge in [-0.2, -0.15) is 0 Å². The van der Waals surface area contributed by atoms with Crippen LogP contribution in [0.15, 0.2) is 56.9 Å². The normalized spacial score (nSPS) is 13.5. The van der Waals surface area contributed by atoms with E-state index < -0.39 is 21.7 Å². The lowest BCUT2D eigenvalue weighted by Crippen LogP contribution is -2.14. The number of methoxy groups -OCH3 is 1. The molecule has 3 aromatic rings. The molecule has 2 heterocycles. The second-order valence-corrected chi connectivity index (χ2v) is 9.78. The molecule has 0 atom stereocenters. The summed E-state index contributed by atoms with van der Waals surface area (Å²) in [5.41, 5.74) is 1.29. The zero-order valence-electron chi connectivity index (χ0n) is 16.1. The molecule has 4 rings (SSSR count). The van der Waals surface area contributed by atoms with Gasteiger partial charge < -0.3 is 14.5 Å². The third-order valence-corrected chi connectivity index (χ3v) is 7.76. The molecule has 30 heavy (non-hydrogen) atoms. The second-order valence-electron chi connectivity index (χ2n) is 6.80. The van der Waals surface area contributed by atoms with Crippen molar-refractivity contribution in [1.82, 2.24) is 0 Å². The van der Waals surface area contributed by atoms with Gasteiger partial charge in [-0.1, -0.05) is 18.2 Å². The van der Waals surface area contributed by atoms with Crippen molar-refractivity contribution >= 4 is 38.1 Å². The highest BCUT2D eigenvalue weighted by atomic mass is 32.2. The van der Waals surface area contributed by atoms with Gasteiger partial charge in [0, 0.05) is 4.88 Å². The Morgan fingerprint density at radius 2 is 1.80 bits per heavy atom. The first-order valence-electron chi connectivity index (χ1n) is 9.36. The number of sulfone groups is 1. The number of nitrogens with one attached hydrogen (secondary N) is 1. The summed E-state index contributed by atoms with van der Waals surface area (Å²) in [6.45, 7) is 0. The fourth-order valence-electron chi connectivity index (χ4n) is 3.44. The van der Waals surface area contributed by atoms with Crippen molar-refractivity contribution in [2.24, 2.45) is 0 Å². The number of carbonyl (C=O) groups is 2. The molecule has 0 saturated carbocycles. The zero-order chi connectivity index (χ0) is 21.3. The molecule has 7 nitrogen and oxygen atoms in total. The van der Waals surface area contributed by atoms with Crippen LogP contribution in [0.3, 0.4) is 0 Å². The van der Waals surface area contributed by atoms with Crippen LogP contribution in [0.1, 0.15) is 44.2 Å². The van der Waals surface area contributed by atoms with Crippen molar-refractivity contribution < 1.29 is 27.2 Å². The highest BCUT2D eigenvalue weighted by Gasteiger charge is 2.28. The summed E-state index contributed by atoms with van der Waals surface area (Å²) in [6.07, 6.45) is 3.60. The van der Waals surface area contributed by atoms with Gasteiger partial charge in [-0.3, -0.25) is 4.79 Å². The Bertz CT molecular complexity index is 1210. The summed E-state index contributed by atoms with van der Waals surface area (Å²) < 4.78 is 35.6. The fourth-order valence-corrected chi connectivity index (χ4v) is 5.91. The second kappa shape index (κ2) is 8.08. The Kier molecular flexibility index (Phi) is 5.48. The Morgan fingerprint density at radius 1 is 1.07 bits per heavy atom. The molecule has 0 spiro atoms. The number of rotatable bonds is 5. The standard InChI is InChI=1S/C21H19NO6S2/c1-27-21(24)18-14-9-5-6-10-16(14)29-20(18)22-19(23)15-11-12-17(28-15)30(25,26)13-7-3-2-4-8-13/h2-4,7-8,11-12H,5-6,9-10H2,1H3,(H,22,23). The average Bonchev–Trinajstić information content (AvgIpc) is 3.39. The smallest absolute Gasteiger partial charge is 0.341 e. The molecule has 1 amide bonds. The first kappa shape index (κ1) is 20.4. The lowest BCUT2D eigenvalue weighted by molar-refractivity contribution is 0.0601. The summed E-state index contributed by atoms with van der Waals surface area (Å²) in [5.74, 6) is -1.29. The molecular weight excluding hydrogens is 426 g/mol. The van der Waals surface area contributed by atoms with Gasteiger partial charge in [-0.25, -0.2) is 13.2 Å². The highest BCUT2D eigenvalue weighted by Crippen LogP contribution is 2.38. The number of hydrogen-bond donors (Lipinski definition) is 1. The van der Waals surface area contributed by atoms with Gasteiger partial charge in [0.1, 0.15) is 5.00 Å². The van der Waals surface area contributed by atoms with Crippen molar-refractivity contribution in [3.8, 4) is 0 Å². The van der Waals surface area contributed by atoms with E-state index >= 15 is 0 Å². The van der Waals surface area contributed by atoms with Crippen LogP contribution in [0.25, 0.3) is 0 Å². The molecule has 9 heteroatoms. The number of carbonyl (C=O) groups excluding carboxylic acids is 2. The van der Waals surface area contributed by atoms with E-state index in [-0.39, 0.29) is 15.7 Å². The third kappa shape index (κ3) is 3.66. The van der Waals surface area contributed by atoms with Gasteiger partial charge in [0.05, 0.1) is 17.6 Å². The number of benzene rings is 1. The van der Waals surface area contributed by atoms with Crippen LogP contribution in [0.2, 0.25) is 0 Å². The molecule has 156 valence electrons. The minimum Gasteiger partial charge on any atom is -0.465 e. The van der Waals surface area contributed by atoms with Crippen LogP contribution in [-0.4, -0.2) is 27.4 Å². The number of amides is 1. The maximum atomic E-state index is 12.7. The summed E-state index contributed by atoms with van der Waals surface area (Å²) in [6, 6.07) is 10.4. The predicted octanol–water partition coefficient (Wildman–Crippen LogP) is 4.09. The van der Waals surface area contributed by atoms with Crippen LogP contribution in [0, 0.1) is 0 Å². The van der Waals surface area contributed by atoms with Gasteiger partial charge in [-0.15, -0.1) is 11.3 Å². The van der Waals surface area contributed by atoms with E-state index in [4.69, 9.17) is 9.15 Å². The summed E-state index contributed by atoms with van der Waals surface area (Å²) >= 11 is 1.35. The number of ether oxygens (including phenoxy) is 1. The minimum absolute atomic E-state index is 0.0743. The number of fused-ring (bicyclic) bond motifs is 1. The monoisotopic (exact) mass is 445 g/mol. The summed E-state index contributed by atoms with van der Waals surface area (Å²) in [5, 5.41) is 2.76. The molecule has 0 bridgehead atoms. The average molecular weight is 446 g/mol. The minimum atomic E-state index is -3.87. The molecule has 1 aliphatic carbocycles. The van der Waals surface area contributed by atoms with Gasteiger partial charge in [0.2, 0.25) is 14.9 Å². The van der Waals surface area contributed by atoms with E-state index in [9.17, 15) is 18.0 Å². The first-order valence-corrected chi connectivity index (χ1v) is 11.7. The molecule has 0 fully saturated rings. The van der Waals surface area contributed by atoms with Gasteiger partial charge in [0.25, 0.3) is 5.91 Å². The van der Waals surface area contributed by atoms with Crippen LogP contribution >= 0.6 is 11.3 Å². The van der Waals surface area contributed by atoms with Crippen molar-refractivity contribution in [3.63, 3.8) is 0 Å². The van der Waals surface area contributed by atoms with E-state index in [1.807, 2.05) is 0 Å². The number of esters is 1. The maximum absolute atomic E-state index is 12.7. The maximum Gasteiger partial charge on any atom is 0.341 e. The Morgan fingerprint density at radius 3 is 2.53 bits per heavy atom. The van der Waals surface area contributed by atoms with Crippen molar-refractivity contribution in [3.05, 3.63) is 64.2 Å². The van der Waals surface area contributed by atoms with Crippen molar-refractivity contribution in [2.45, 2.75) is 35.7 Å². The highest BCUT2D eigenvalue weighted by molar-refractivity contribution is 7.91. The largest absolute Gasteiger partial charge is 0.465 e. The fraction of sp³-hybridized carbons (Fsp3) is 0.238. The third-order valence-electron chi connectivity index (χ3n) is 4.91. The number of furan rings is 1. The quantitative estimate of drug-likeness (QED) is 0.594. The molecule has 0 radical (unpaired) electrons. The van der Waals surface area contributed by atoms with Crippen molar-refractivity contribution in [2.75, 3.05) is 12.4 Å². The molecule has 0 saturated heterocycles. The Hall–Kier alpha value is -2.91. The Labute approximate surface area is 177 Å². The van der Waals surface area contributed by atoms with Crippen LogP contribution in [0.4, 0.5) is 5.00 Å². The Balaban J connectivity index is 1.62. The molecule has 1 aromatic carbocycles. The number of hydrogen-bond acceptors (Lipinski definition) is 7. The van der Waals surface area contributed by atoms with E-state index in [2.05, 4.69) is 5.32 Å². The molecule has 1 N–H and O–H groups in total. The summed E-state index contributed by atoms with van der Waals surface area (Å²) in [7, 11) is -2.57. The van der Waals surface area contributed by atoms with E-state index in [0.717, 1.165) is 36.1 Å². The molecule has 0 unspecified atom stereocenters. The molecular formula is C21H19NO6S2. The summed E-state index contributed by atoms with van der Waals surface area (Å²) in [4.78, 5) is 26.2. The van der Waals surface area contributed by atoms with Crippen LogP contribution in [0.5, 0.6) is 0 Å². The van der Waals surface area contributed by atoms with Gasteiger partial charge in [0.15, 0.2) is 5.76 Å². The molecule has 1 aliphatic rings. The van der Waals surface area contributed by atoms with E-state index in [1.54, 1.807) is 18.2 Å². The van der Waals surface area contributed by atoms with Gasteiger partial charge >= 0.3 is 5.97 Å².